The van der Waals surface area contributed by atoms with Crippen molar-refractivity contribution in [1.29, 1.82) is 0 Å². The number of halogens is 2. The van der Waals surface area contributed by atoms with Crippen LogP contribution in [0.5, 0.6) is 0 Å². The summed E-state index contributed by atoms with van der Waals surface area (Å²) in [6.45, 7) is -5.76. The molecule has 0 aliphatic rings. The van der Waals surface area contributed by atoms with Crippen LogP contribution in [-0.4, -0.2) is 9.97 Å². The van der Waals surface area contributed by atoms with Gasteiger partial charge in [-0.1, -0.05) is 0 Å². The Morgan fingerprint density at radius 1 is 1.40 bits per heavy atom. The Morgan fingerprint density at radius 2 is 1.90 bits per heavy atom. The molecule has 0 aliphatic carbocycles. The summed E-state index contributed by atoms with van der Waals surface area (Å²) >= 11 is 5.35. The van der Waals surface area contributed by atoms with Crippen LogP contribution in [-0.2, 0) is 0 Å². The summed E-state index contributed by atoms with van der Waals surface area (Å²) in [4.78, 5) is 6.37. The molecule has 0 saturated carbocycles. The molecule has 0 atom stereocenters. The monoisotopic (exact) mass is 166 g/mol. The Labute approximate surface area is 71.5 Å². The summed E-state index contributed by atoms with van der Waals surface area (Å²) in [5.74, 6) is -1.47. The zero-order valence-corrected chi connectivity index (χ0v) is 5.41. The lowest BCUT2D eigenvalue weighted by Gasteiger charge is -1.97. The summed E-state index contributed by atoms with van der Waals surface area (Å²) in [6, 6.07) is 0. The van der Waals surface area contributed by atoms with E-state index in [1.165, 1.54) is 0 Å². The van der Waals surface area contributed by atoms with E-state index >= 15 is 0 Å². The average molecular weight is 167 g/mol. The van der Waals surface area contributed by atoms with Crippen LogP contribution in [0.2, 0.25) is 5.28 Å². The van der Waals surface area contributed by atoms with Crippen LogP contribution in [0.1, 0.15) is 19.6 Å². The van der Waals surface area contributed by atoms with E-state index in [0.717, 1.165) is 0 Å². The Morgan fingerprint density at radius 3 is 2.30 bits per heavy atom. The molecular formula is C6H6ClFN2. The van der Waals surface area contributed by atoms with E-state index in [1.807, 2.05) is 0 Å². The number of aryl methyl sites for hydroxylation is 2. The van der Waals surface area contributed by atoms with Gasteiger partial charge in [-0.3, -0.25) is 0 Å². The van der Waals surface area contributed by atoms with E-state index < -0.39 is 36.2 Å². The minimum absolute atomic E-state index is 0.612. The van der Waals surface area contributed by atoms with E-state index in [0.29, 0.717) is 0 Å². The van der Waals surface area contributed by atoms with Crippen LogP contribution in [0.3, 0.4) is 0 Å². The van der Waals surface area contributed by atoms with Crippen LogP contribution in [0.15, 0.2) is 0 Å². The van der Waals surface area contributed by atoms with Crippen molar-refractivity contribution in [1.82, 2.24) is 9.97 Å². The Balaban J connectivity index is 3.51. The fourth-order valence-corrected chi connectivity index (χ4v) is 0.589. The third kappa shape index (κ3) is 1.24. The van der Waals surface area contributed by atoms with Crippen LogP contribution in [0.25, 0.3) is 0 Å². The van der Waals surface area contributed by atoms with Crippen molar-refractivity contribution < 1.29 is 12.6 Å². The van der Waals surface area contributed by atoms with Gasteiger partial charge >= 0.3 is 0 Å². The molecule has 4 heteroatoms. The second kappa shape index (κ2) is 2.50. The van der Waals surface area contributed by atoms with Crippen molar-refractivity contribution in [3.8, 4) is 0 Å². The molecule has 0 spiro atoms. The highest BCUT2D eigenvalue weighted by Crippen LogP contribution is 2.09. The Bertz CT molecular complexity index is 379. The van der Waals surface area contributed by atoms with Gasteiger partial charge < -0.3 is 0 Å². The molecule has 54 valence electrons. The minimum atomic E-state index is -2.88. The second-order valence-corrected chi connectivity index (χ2v) is 1.84. The van der Waals surface area contributed by atoms with Crippen molar-refractivity contribution in [3.63, 3.8) is 0 Å². The van der Waals surface area contributed by atoms with E-state index in [4.69, 9.17) is 19.8 Å². The van der Waals surface area contributed by atoms with Gasteiger partial charge in [0, 0.05) is 8.22 Å². The summed E-state index contributed by atoms with van der Waals surface area (Å²) in [5, 5.41) is -0.612. The fraction of sp³-hybridized carbons (Fsp3) is 0.333. The summed E-state index contributed by atoms with van der Waals surface area (Å²) in [5.41, 5.74) is -1.97. The van der Waals surface area contributed by atoms with Crippen LogP contribution in [0, 0.1) is 19.5 Å². The molecule has 0 amide bonds. The second-order valence-electron chi connectivity index (χ2n) is 1.50. The zero-order valence-electron chi connectivity index (χ0n) is 10.7. The number of aromatic nitrogens is 2. The van der Waals surface area contributed by atoms with E-state index in [-0.39, 0.29) is 0 Å². The lowest BCUT2D eigenvalue weighted by molar-refractivity contribution is 0.589. The van der Waals surface area contributed by atoms with Gasteiger partial charge in [0.1, 0.15) is 0 Å². The largest absolute Gasteiger partial charge is 0.222 e. The van der Waals surface area contributed by atoms with Crippen molar-refractivity contribution in [2.75, 3.05) is 0 Å². The highest BCUT2D eigenvalue weighted by molar-refractivity contribution is 6.28. The topological polar surface area (TPSA) is 25.8 Å². The van der Waals surface area contributed by atoms with Crippen LogP contribution in [0.4, 0.5) is 4.39 Å². The molecule has 1 aromatic rings. The number of hydrogen-bond donors (Lipinski definition) is 0. The quantitative estimate of drug-likeness (QED) is 0.550. The molecule has 1 heterocycles. The Hall–Kier alpha value is -0.700. The third-order valence-corrected chi connectivity index (χ3v) is 0.993. The maximum absolute atomic E-state index is 13.5. The molecule has 0 unspecified atom stereocenters. The van der Waals surface area contributed by atoms with Gasteiger partial charge in [0.15, 0.2) is 5.82 Å². The normalized spacial score (nSPS) is 21.4. The lowest BCUT2D eigenvalue weighted by atomic mass is 10.3. The first-order valence-corrected chi connectivity index (χ1v) is 2.65. The Kier molecular flexibility index (Phi) is 0.684. The van der Waals surface area contributed by atoms with Crippen molar-refractivity contribution in [2.45, 2.75) is 13.7 Å². The SMILES string of the molecule is [2H]C([2H])([2H])c1nc(Cl)nc(C([2H])([2H])[2H])c1F. The molecule has 0 bridgehead atoms. The predicted octanol–water partition coefficient (Wildman–Crippen LogP) is 1.89. The van der Waals surface area contributed by atoms with E-state index in [1.54, 1.807) is 0 Å². The first-order chi connectivity index (χ1) is 7.03. The summed E-state index contributed by atoms with van der Waals surface area (Å²) in [7, 11) is 0. The van der Waals surface area contributed by atoms with Gasteiger partial charge in [-0.05, 0) is 25.3 Å². The van der Waals surface area contributed by atoms with Crippen LogP contribution < -0.4 is 0 Å². The molecule has 2 nitrogen and oxygen atoms in total. The highest BCUT2D eigenvalue weighted by atomic mass is 35.5. The van der Waals surface area contributed by atoms with Gasteiger partial charge in [0.2, 0.25) is 5.28 Å². The molecule has 0 aliphatic heterocycles. The minimum Gasteiger partial charge on any atom is -0.220 e. The van der Waals surface area contributed by atoms with Crippen molar-refractivity contribution in [3.05, 3.63) is 22.5 Å². The average Bonchev–Trinajstić information content (AvgIpc) is 2.04. The predicted molar refractivity (Wildman–Crippen MR) is 36.5 cm³/mol. The van der Waals surface area contributed by atoms with Crippen molar-refractivity contribution in [2.24, 2.45) is 0 Å². The van der Waals surface area contributed by atoms with Gasteiger partial charge in [-0.15, -0.1) is 0 Å². The van der Waals surface area contributed by atoms with E-state index in [9.17, 15) is 4.39 Å². The standard InChI is InChI=1S/C6H6ClFN2/c1-3-5(8)4(2)10-6(7)9-3/h1-2H3/i1D3,2D3. The molecular weight excluding hydrogens is 155 g/mol. The smallest absolute Gasteiger partial charge is 0.220 e. The number of hydrogen-bond acceptors (Lipinski definition) is 2. The van der Waals surface area contributed by atoms with Crippen LogP contribution >= 0.6 is 11.6 Å². The molecule has 1 rings (SSSR count). The molecule has 0 radical (unpaired) electrons. The summed E-state index contributed by atoms with van der Waals surface area (Å²) in [6.07, 6.45) is 0. The molecule has 0 N–H and O–H groups in total. The first-order valence-electron chi connectivity index (χ1n) is 5.27. The summed E-state index contributed by atoms with van der Waals surface area (Å²) < 4.78 is 55.4. The molecule has 0 fully saturated rings. The third-order valence-electron chi connectivity index (χ3n) is 0.824. The lowest BCUT2D eigenvalue weighted by Crippen LogP contribution is -1.96. The molecule has 10 heavy (non-hydrogen) atoms. The molecule has 0 saturated heterocycles. The maximum atomic E-state index is 13.5. The number of nitrogens with zero attached hydrogens (tertiary/aromatic N) is 2. The number of rotatable bonds is 0. The first kappa shape index (κ1) is 2.74. The van der Waals surface area contributed by atoms with Gasteiger partial charge in [-0.25, -0.2) is 14.4 Å². The molecule has 0 aromatic carbocycles. The highest BCUT2D eigenvalue weighted by Gasteiger charge is 2.04. The maximum Gasteiger partial charge on any atom is 0.222 e. The van der Waals surface area contributed by atoms with Gasteiger partial charge in [-0.2, -0.15) is 0 Å². The van der Waals surface area contributed by atoms with E-state index in [2.05, 4.69) is 9.97 Å². The molecule has 1 aromatic heterocycles. The zero-order chi connectivity index (χ0) is 12.7. The van der Waals surface area contributed by atoms with Crippen molar-refractivity contribution >= 4 is 11.6 Å². The fourth-order valence-electron chi connectivity index (χ4n) is 0.420. The van der Waals surface area contributed by atoms with Gasteiger partial charge in [0.25, 0.3) is 0 Å². The van der Waals surface area contributed by atoms with Gasteiger partial charge in [0.05, 0.1) is 11.4 Å².